The average Bonchev–Trinajstić information content (AvgIpc) is 3.18. The van der Waals surface area contributed by atoms with Crippen molar-refractivity contribution in [1.82, 2.24) is 9.62 Å². The molecule has 0 bridgehead atoms. The monoisotopic (exact) mass is 441 g/mol. The van der Waals surface area contributed by atoms with Crippen molar-refractivity contribution in [3.63, 3.8) is 0 Å². The lowest BCUT2D eigenvalue weighted by Crippen LogP contribution is -2.37. The second kappa shape index (κ2) is 9.17. The van der Waals surface area contributed by atoms with Gasteiger partial charge in [-0.25, -0.2) is 17.5 Å². The van der Waals surface area contributed by atoms with Crippen LogP contribution in [0.1, 0.15) is 30.0 Å². The fourth-order valence-electron chi connectivity index (χ4n) is 3.49. The number of nitrogens with one attached hydrogen (secondary N) is 1. The summed E-state index contributed by atoms with van der Waals surface area (Å²) in [7, 11) is -3.74. The van der Waals surface area contributed by atoms with E-state index in [-0.39, 0.29) is 28.6 Å². The zero-order valence-electron chi connectivity index (χ0n) is 15.6. The zero-order chi connectivity index (χ0) is 21.0. The van der Waals surface area contributed by atoms with Crippen LogP contribution in [-0.2, 0) is 15.8 Å². The summed E-state index contributed by atoms with van der Waals surface area (Å²) in [5.41, 5.74) is 0.598. The number of nitro benzene ring substituents is 1. The highest BCUT2D eigenvalue weighted by molar-refractivity contribution is 7.88. The Hall–Kier alpha value is -2.07. The van der Waals surface area contributed by atoms with E-state index in [4.69, 9.17) is 11.6 Å². The van der Waals surface area contributed by atoms with Gasteiger partial charge in [0.25, 0.3) is 5.69 Å². The first-order valence-corrected chi connectivity index (χ1v) is 11.2. The van der Waals surface area contributed by atoms with Crippen molar-refractivity contribution in [2.75, 3.05) is 19.6 Å². The predicted octanol–water partition coefficient (Wildman–Crippen LogP) is 3.64. The van der Waals surface area contributed by atoms with E-state index in [1.165, 1.54) is 36.4 Å². The Balaban J connectivity index is 1.75. The molecule has 1 aliphatic heterocycles. The smallest absolute Gasteiger partial charge is 0.269 e. The average molecular weight is 442 g/mol. The van der Waals surface area contributed by atoms with E-state index in [9.17, 15) is 22.9 Å². The van der Waals surface area contributed by atoms with Crippen molar-refractivity contribution in [2.24, 2.45) is 0 Å². The summed E-state index contributed by atoms with van der Waals surface area (Å²) >= 11 is 6.22. The molecule has 7 nitrogen and oxygen atoms in total. The number of likely N-dealkylation sites (tertiary alicyclic amines) is 1. The lowest BCUT2D eigenvalue weighted by molar-refractivity contribution is -0.384. The molecule has 0 aromatic heterocycles. The molecule has 156 valence electrons. The molecule has 1 aliphatic rings. The molecule has 1 N–H and O–H groups in total. The summed E-state index contributed by atoms with van der Waals surface area (Å²) in [6.07, 6.45) is 1.91. The zero-order valence-corrected chi connectivity index (χ0v) is 17.1. The molecule has 10 heteroatoms. The molecule has 1 heterocycles. The van der Waals surface area contributed by atoms with Gasteiger partial charge in [-0.3, -0.25) is 15.0 Å². The van der Waals surface area contributed by atoms with E-state index in [0.29, 0.717) is 5.56 Å². The summed E-state index contributed by atoms with van der Waals surface area (Å²) in [6.45, 7) is 1.45. The third-order valence-corrected chi connectivity index (χ3v) is 6.56. The van der Waals surface area contributed by atoms with Crippen molar-refractivity contribution < 1.29 is 17.7 Å². The van der Waals surface area contributed by atoms with Crippen LogP contribution < -0.4 is 4.72 Å². The van der Waals surface area contributed by atoms with E-state index in [2.05, 4.69) is 4.72 Å². The topological polar surface area (TPSA) is 92.5 Å². The van der Waals surface area contributed by atoms with Crippen LogP contribution in [0.25, 0.3) is 0 Å². The maximum atomic E-state index is 14.5. The van der Waals surface area contributed by atoms with Gasteiger partial charge in [-0.05, 0) is 43.6 Å². The maximum absolute atomic E-state index is 14.5. The number of sulfonamides is 1. The third-order valence-electron chi connectivity index (χ3n) is 4.91. The van der Waals surface area contributed by atoms with Crippen LogP contribution in [0, 0.1) is 15.9 Å². The number of halogens is 2. The minimum absolute atomic E-state index is 0.0179. The van der Waals surface area contributed by atoms with Gasteiger partial charge in [-0.15, -0.1) is 0 Å². The standard InChI is InChI=1S/C19H21ClFN3O4S/c20-16-4-3-5-17(21)19(16)18(23-10-1-2-11-23)12-22-29(27,28)13-14-6-8-15(9-7-14)24(25)26/h3-9,18,22H,1-2,10-13H2. The fourth-order valence-corrected chi connectivity index (χ4v) is 4.92. The summed E-state index contributed by atoms with van der Waals surface area (Å²) in [4.78, 5) is 12.2. The summed E-state index contributed by atoms with van der Waals surface area (Å²) in [5, 5.41) is 11.0. The van der Waals surface area contributed by atoms with Crippen molar-refractivity contribution in [3.8, 4) is 0 Å². The first kappa shape index (κ1) is 21.6. The molecule has 1 saturated heterocycles. The van der Waals surface area contributed by atoms with Crippen LogP contribution in [0.3, 0.4) is 0 Å². The van der Waals surface area contributed by atoms with E-state index in [1.807, 2.05) is 4.90 Å². The van der Waals surface area contributed by atoms with E-state index >= 15 is 0 Å². The first-order valence-electron chi connectivity index (χ1n) is 9.15. The van der Waals surface area contributed by atoms with E-state index in [1.54, 1.807) is 6.07 Å². The van der Waals surface area contributed by atoms with E-state index in [0.717, 1.165) is 25.9 Å². The molecule has 2 aromatic rings. The molecule has 2 aromatic carbocycles. The molecule has 1 fully saturated rings. The van der Waals surface area contributed by atoms with Crippen LogP contribution >= 0.6 is 11.6 Å². The first-order chi connectivity index (χ1) is 13.8. The minimum atomic E-state index is -3.74. The van der Waals surface area contributed by atoms with Crippen molar-refractivity contribution >= 4 is 27.3 Å². The number of nitro groups is 1. The van der Waals surface area contributed by atoms with Crippen LogP contribution in [-0.4, -0.2) is 37.9 Å². The van der Waals surface area contributed by atoms with Gasteiger partial charge in [-0.1, -0.05) is 29.8 Å². The molecule has 29 heavy (non-hydrogen) atoms. The minimum Gasteiger partial charge on any atom is -0.295 e. The molecule has 0 saturated carbocycles. The number of benzene rings is 2. The van der Waals surface area contributed by atoms with Crippen molar-refractivity contribution in [3.05, 3.63) is 74.5 Å². The van der Waals surface area contributed by atoms with Gasteiger partial charge in [0.1, 0.15) is 5.82 Å². The quantitative estimate of drug-likeness (QED) is 0.498. The second-order valence-electron chi connectivity index (χ2n) is 6.93. The maximum Gasteiger partial charge on any atom is 0.269 e. The highest BCUT2D eigenvalue weighted by Gasteiger charge is 2.29. The lowest BCUT2D eigenvalue weighted by atomic mass is 10.0. The van der Waals surface area contributed by atoms with Crippen molar-refractivity contribution in [2.45, 2.75) is 24.6 Å². The largest absolute Gasteiger partial charge is 0.295 e. The normalized spacial score (nSPS) is 16.1. The Labute approximate surface area is 173 Å². The van der Waals surface area contributed by atoms with Crippen LogP contribution in [0.4, 0.5) is 10.1 Å². The Morgan fingerprint density at radius 2 is 1.83 bits per heavy atom. The number of rotatable bonds is 8. The summed E-state index contributed by atoms with van der Waals surface area (Å²) < 4.78 is 42.1. The Bertz CT molecular complexity index is 959. The van der Waals surface area contributed by atoms with Gasteiger partial charge in [0.05, 0.1) is 16.7 Å². The Morgan fingerprint density at radius 1 is 1.17 bits per heavy atom. The van der Waals surface area contributed by atoms with Crippen LogP contribution in [0.15, 0.2) is 42.5 Å². The SMILES string of the molecule is O=[N+]([O-])c1ccc(CS(=O)(=O)NCC(c2c(F)cccc2Cl)N2CCCC2)cc1. The highest BCUT2D eigenvalue weighted by Crippen LogP contribution is 2.32. The molecule has 3 rings (SSSR count). The van der Waals surface area contributed by atoms with Gasteiger partial charge >= 0.3 is 0 Å². The van der Waals surface area contributed by atoms with Gasteiger partial charge in [-0.2, -0.15) is 0 Å². The number of non-ortho nitro benzene ring substituents is 1. The van der Waals surface area contributed by atoms with Crippen molar-refractivity contribution in [1.29, 1.82) is 0 Å². The fraction of sp³-hybridized carbons (Fsp3) is 0.368. The van der Waals surface area contributed by atoms with Crippen LogP contribution in [0.2, 0.25) is 5.02 Å². The number of hydrogen-bond acceptors (Lipinski definition) is 5. The summed E-state index contributed by atoms with van der Waals surface area (Å²) in [6, 6.07) is 9.24. The summed E-state index contributed by atoms with van der Waals surface area (Å²) in [5.74, 6) is -0.799. The van der Waals surface area contributed by atoms with Crippen LogP contribution in [0.5, 0.6) is 0 Å². The van der Waals surface area contributed by atoms with Gasteiger partial charge in [0.15, 0.2) is 0 Å². The number of nitrogens with zero attached hydrogens (tertiary/aromatic N) is 2. The predicted molar refractivity (Wildman–Crippen MR) is 109 cm³/mol. The molecule has 0 radical (unpaired) electrons. The Morgan fingerprint density at radius 3 is 2.41 bits per heavy atom. The third kappa shape index (κ3) is 5.51. The lowest BCUT2D eigenvalue weighted by Gasteiger charge is -2.29. The second-order valence-corrected chi connectivity index (χ2v) is 9.14. The van der Waals surface area contributed by atoms with Gasteiger partial charge in [0, 0.05) is 29.3 Å². The number of hydrogen-bond donors (Lipinski definition) is 1. The highest BCUT2D eigenvalue weighted by atomic mass is 35.5. The molecule has 1 unspecified atom stereocenters. The molecule has 0 amide bonds. The Kier molecular flexibility index (Phi) is 6.84. The van der Waals surface area contributed by atoms with Gasteiger partial charge < -0.3 is 0 Å². The molecular weight excluding hydrogens is 421 g/mol. The van der Waals surface area contributed by atoms with E-state index < -0.39 is 26.8 Å². The molecular formula is C19H21ClFN3O4S. The molecule has 1 atom stereocenters. The molecule has 0 spiro atoms. The van der Waals surface area contributed by atoms with Gasteiger partial charge in [0.2, 0.25) is 10.0 Å². The molecule has 0 aliphatic carbocycles.